The summed E-state index contributed by atoms with van der Waals surface area (Å²) in [5, 5.41) is 0. The molecule has 0 radical (unpaired) electrons. The van der Waals surface area contributed by atoms with Crippen LogP contribution in [0.1, 0.15) is 6.42 Å². The van der Waals surface area contributed by atoms with Gasteiger partial charge in [-0.25, -0.2) is 0 Å². The molecule has 1 rings (SSSR count). The lowest BCUT2D eigenvalue weighted by Gasteiger charge is -2.26. The third-order valence-corrected chi connectivity index (χ3v) is 1.82. The summed E-state index contributed by atoms with van der Waals surface area (Å²) in [5.41, 5.74) is 0. The lowest BCUT2D eigenvalue weighted by Crippen LogP contribution is -2.38. The summed E-state index contributed by atoms with van der Waals surface area (Å²) in [5.74, 6) is 0. The summed E-state index contributed by atoms with van der Waals surface area (Å²) in [7, 11) is 0. The van der Waals surface area contributed by atoms with Crippen molar-refractivity contribution in [3.05, 3.63) is 0 Å². The summed E-state index contributed by atoms with van der Waals surface area (Å²) >= 11 is 0. The van der Waals surface area contributed by atoms with E-state index in [-0.39, 0.29) is 6.54 Å². The molecule has 0 bridgehead atoms. The second-order valence-corrected chi connectivity index (χ2v) is 2.82. The van der Waals surface area contributed by atoms with Crippen LogP contribution in [0.4, 0.5) is 13.2 Å². The lowest BCUT2D eigenvalue weighted by atomic mass is 10.3. The Labute approximate surface area is 69.3 Å². The normalized spacial score (nSPS) is 21.2. The van der Waals surface area contributed by atoms with Gasteiger partial charge in [0.15, 0.2) is 0 Å². The van der Waals surface area contributed by atoms with Crippen LogP contribution in [0.5, 0.6) is 0 Å². The fourth-order valence-corrected chi connectivity index (χ4v) is 1.11. The van der Waals surface area contributed by atoms with Crippen molar-refractivity contribution in [2.45, 2.75) is 12.6 Å². The number of ether oxygens (including phenoxy) is 1. The monoisotopic (exact) mass is 183 g/mol. The zero-order valence-corrected chi connectivity index (χ0v) is 6.73. The Morgan fingerprint density at radius 3 is 2.25 bits per heavy atom. The van der Waals surface area contributed by atoms with Crippen LogP contribution in [0.3, 0.4) is 0 Å². The maximum absolute atomic E-state index is 11.8. The maximum atomic E-state index is 11.8. The maximum Gasteiger partial charge on any atom is 0.390 e. The van der Waals surface area contributed by atoms with Crippen LogP contribution in [0.25, 0.3) is 0 Å². The van der Waals surface area contributed by atoms with E-state index in [9.17, 15) is 13.2 Å². The van der Waals surface area contributed by atoms with Gasteiger partial charge in [-0.15, -0.1) is 0 Å². The third kappa shape index (κ3) is 3.92. The summed E-state index contributed by atoms with van der Waals surface area (Å²) < 4.78 is 40.3. The third-order valence-electron chi connectivity index (χ3n) is 1.82. The number of hydrogen-bond donors (Lipinski definition) is 0. The van der Waals surface area contributed by atoms with E-state index in [1.807, 2.05) is 0 Å². The van der Waals surface area contributed by atoms with E-state index in [4.69, 9.17) is 4.74 Å². The minimum absolute atomic E-state index is 0.104. The van der Waals surface area contributed by atoms with Gasteiger partial charge in [0.25, 0.3) is 0 Å². The molecular formula is C7H12F3NO. The largest absolute Gasteiger partial charge is 0.390 e. The molecule has 0 saturated carbocycles. The van der Waals surface area contributed by atoms with E-state index >= 15 is 0 Å². The number of alkyl halides is 3. The van der Waals surface area contributed by atoms with Gasteiger partial charge < -0.3 is 4.74 Å². The van der Waals surface area contributed by atoms with E-state index in [0.717, 1.165) is 0 Å². The lowest BCUT2D eigenvalue weighted by molar-refractivity contribution is -0.140. The topological polar surface area (TPSA) is 12.5 Å². The van der Waals surface area contributed by atoms with Crippen LogP contribution in [0.2, 0.25) is 0 Å². The van der Waals surface area contributed by atoms with Gasteiger partial charge in [0.2, 0.25) is 0 Å². The SMILES string of the molecule is FC(F)(F)CCN1CCOCC1. The van der Waals surface area contributed by atoms with E-state index in [1.165, 1.54) is 0 Å². The first-order chi connectivity index (χ1) is 5.58. The molecule has 0 aromatic carbocycles. The summed E-state index contributed by atoms with van der Waals surface area (Å²) in [6, 6.07) is 0. The zero-order valence-electron chi connectivity index (χ0n) is 6.73. The van der Waals surface area contributed by atoms with Crippen LogP contribution in [0, 0.1) is 0 Å². The van der Waals surface area contributed by atoms with E-state index in [2.05, 4.69) is 0 Å². The van der Waals surface area contributed by atoms with Crippen molar-refractivity contribution >= 4 is 0 Å². The van der Waals surface area contributed by atoms with Crippen molar-refractivity contribution in [2.24, 2.45) is 0 Å². The van der Waals surface area contributed by atoms with Crippen molar-refractivity contribution in [3.63, 3.8) is 0 Å². The Balaban J connectivity index is 2.13. The van der Waals surface area contributed by atoms with E-state index in [0.29, 0.717) is 26.3 Å². The average molecular weight is 183 g/mol. The Bertz CT molecular complexity index is 131. The molecule has 0 aromatic heterocycles. The van der Waals surface area contributed by atoms with Gasteiger partial charge in [0.05, 0.1) is 19.6 Å². The molecule has 72 valence electrons. The van der Waals surface area contributed by atoms with Gasteiger partial charge in [0.1, 0.15) is 0 Å². The number of nitrogens with zero attached hydrogens (tertiary/aromatic N) is 1. The van der Waals surface area contributed by atoms with Gasteiger partial charge >= 0.3 is 6.18 Å². The quantitative estimate of drug-likeness (QED) is 0.639. The zero-order chi connectivity index (χ0) is 9.03. The Hall–Kier alpha value is -0.290. The number of halogens is 3. The molecule has 1 aliphatic rings. The summed E-state index contributed by atoms with van der Waals surface area (Å²) in [6.45, 7) is 2.45. The minimum atomic E-state index is -4.03. The second kappa shape index (κ2) is 4.09. The molecule has 1 saturated heterocycles. The Morgan fingerprint density at radius 1 is 1.17 bits per heavy atom. The second-order valence-electron chi connectivity index (χ2n) is 2.82. The Kier molecular flexibility index (Phi) is 3.34. The molecule has 2 nitrogen and oxygen atoms in total. The van der Waals surface area contributed by atoms with Crippen molar-refractivity contribution in [1.29, 1.82) is 0 Å². The fourth-order valence-electron chi connectivity index (χ4n) is 1.11. The molecule has 0 N–H and O–H groups in total. The number of hydrogen-bond acceptors (Lipinski definition) is 2. The number of morpholine rings is 1. The summed E-state index contributed by atoms with van der Waals surface area (Å²) in [4.78, 5) is 1.77. The molecule has 1 aliphatic heterocycles. The first kappa shape index (κ1) is 9.80. The minimum Gasteiger partial charge on any atom is -0.379 e. The highest BCUT2D eigenvalue weighted by molar-refractivity contribution is 4.63. The van der Waals surface area contributed by atoms with Gasteiger partial charge in [-0.3, -0.25) is 4.90 Å². The van der Waals surface area contributed by atoms with Crippen molar-refractivity contribution in [2.75, 3.05) is 32.8 Å². The highest BCUT2D eigenvalue weighted by Crippen LogP contribution is 2.19. The first-order valence-corrected chi connectivity index (χ1v) is 3.95. The molecule has 1 heterocycles. The molecular weight excluding hydrogens is 171 g/mol. The van der Waals surface area contributed by atoms with Crippen LogP contribution in [0.15, 0.2) is 0 Å². The Morgan fingerprint density at radius 2 is 1.75 bits per heavy atom. The average Bonchev–Trinajstić information content (AvgIpc) is 2.02. The van der Waals surface area contributed by atoms with E-state index < -0.39 is 12.6 Å². The first-order valence-electron chi connectivity index (χ1n) is 3.95. The van der Waals surface area contributed by atoms with Crippen molar-refractivity contribution < 1.29 is 17.9 Å². The predicted octanol–water partition coefficient (Wildman–Crippen LogP) is 1.27. The van der Waals surface area contributed by atoms with Gasteiger partial charge in [-0.2, -0.15) is 13.2 Å². The highest BCUT2D eigenvalue weighted by Gasteiger charge is 2.27. The van der Waals surface area contributed by atoms with Crippen molar-refractivity contribution in [1.82, 2.24) is 4.90 Å². The van der Waals surface area contributed by atoms with Gasteiger partial charge in [0, 0.05) is 19.6 Å². The summed E-state index contributed by atoms with van der Waals surface area (Å²) in [6.07, 6.45) is -4.74. The molecule has 0 aliphatic carbocycles. The molecule has 1 fully saturated rings. The number of rotatable bonds is 2. The highest BCUT2D eigenvalue weighted by atomic mass is 19.4. The predicted molar refractivity (Wildman–Crippen MR) is 37.9 cm³/mol. The molecule has 0 amide bonds. The standard InChI is InChI=1S/C7H12F3NO/c8-7(9,10)1-2-11-3-5-12-6-4-11/h1-6H2. The van der Waals surface area contributed by atoms with Crippen LogP contribution in [-0.4, -0.2) is 43.9 Å². The fraction of sp³-hybridized carbons (Fsp3) is 1.00. The van der Waals surface area contributed by atoms with Gasteiger partial charge in [-0.1, -0.05) is 0 Å². The molecule has 0 atom stereocenters. The molecule has 5 heteroatoms. The van der Waals surface area contributed by atoms with Crippen molar-refractivity contribution in [3.8, 4) is 0 Å². The smallest absolute Gasteiger partial charge is 0.379 e. The molecule has 0 spiro atoms. The van der Waals surface area contributed by atoms with Crippen LogP contribution < -0.4 is 0 Å². The molecule has 0 unspecified atom stereocenters. The molecule has 0 aromatic rings. The molecule has 12 heavy (non-hydrogen) atoms. The van der Waals surface area contributed by atoms with E-state index in [1.54, 1.807) is 4.90 Å². The van der Waals surface area contributed by atoms with Crippen LogP contribution in [-0.2, 0) is 4.74 Å². The van der Waals surface area contributed by atoms with Crippen LogP contribution >= 0.6 is 0 Å². The van der Waals surface area contributed by atoms with Gasteiger partial charge in [-0.05, 0) is 0 Å².